The van der Waals surface area contributed by atoms with Gasteiger partial charge in [-0.25, -0.2) is 4.98 Å². The second-order valence-electron chi connectivity index (χ2n) is 5.47. The van der Waals surface area contributed by atoms with Crippen LogP contribution in [0.1, 0.15) is 32.6 Å². The first-order valence-corrected chi connectivity index (χ1v) is 6.60. The van der Waals surface area contributed by atoms with Crippen LogP contribution in [0.2, 0.25) is 0 Å². The fourth-order valence-electron chi connectivity index (χ4n) is 2.55. The van der Waals surface area contributed by atoms with E-state index in [1.807, 2.05) is 0 Å². The average Bonchev–Trinajstić information content (AvgIpc) is 2.83. The highest BCUT2D eigenvalue weighted by Crippen LogP contribution is 2.37. The number of anilines is 2. The molecule has 1 fully saturated rings. The van der Waals surface area contributed by atoms with E-state index in [2.05, 4.69) is 22.5 Å². The predicted molar refractivity (Wildman–Crippen MR) is 75.5 cm³/mol. The molecule has 2 N–H and O–H groups in total. The van der Waals surface area contributed by atoms with Crippen molar-refractivity contribution < 1.29 is 4.92 Å². The zero-order valence-electron chi connectivity index (χ0n) is 11.4. The van der Waals surface area contributed by atoms with Gasteiger partial charge in [0.15, 0.2) is 0 Å². The van der Waals surface area contributed by atoms with E-state index >= 15 is 0 Å². The third-order valence-electron chi connectivity index (χ3n) is 3.78. The van der Waals surface area contributed by atoms with Gasteiger partial charge >= 0.3 is 0 Å². The summed E-state index contributed by atoms with van der Waals surface area (Å²) in [6.45, 7) is 3.06. The van der Waals surface area contributed by atoms with Gasteiger partial charge in [-0.15, -0.1) is 0 Å². The van der Waals surface area contributed by atoms with Gasteiger partial charge in [-0.2, -0.15) is 0 Å². The highest BCUT2D eigenvalue weighted by Gasteiger charge is 2.28. The van der Waals surface area contributed by atoms with E-state index in [0.717, 1.165) is 6.54 Å². The first-order chi connectivity index (χ1) is 9.02. The van der Waals surface area contributed by atoms with Crippen molar-refractivity contribution in [2.24, 2.45) is 5.41 Å². The fourth-order valence-corrected chi connectivity index (χ4v) is 2.55. The third-order valence-corrected chi connectivity index (χ3v) is 3.78. The molecule has 0 saturated heterocycles. The number of hydrogen-bond donors (Lipinski definition) is 2. The molecule has 104 valence electrons. The maximum Gasteiger partial charge on any atom is 0.276 e. The third kappa shape index (κ3) is 3.33. The van der Waals surface area contributed by atoms with Gasteiger partial charge in [0.05, 0.1) is 17.1 Å². The zero-order valence-corrected chi connectivity index (χ0v) is 11.4. The lowest BCUT2D eigenvalue weighted by Gasteiger charge is -2.24. The number of aromatic nitrogens is 1. The van der Waals surface area contributed by atoms with Crippen LogP contribution in [0.4, 0.5) is 17.3 Å². The predicted octanol–water partition coefficient (Wildman–Crippen LogP) is 3.02. The summed E-state index contributed by atoms with van der Waals surface area (Å²) in [4.78, 5) is 14.8. The van der Waals surface area contributed by atoms with Crippen LogP contribution in [-0.2, 0) is 0 Å². The molecule has 0 aromatic carbocycles. The summed E-state index contributed by atoms with van der Waals surface area (Å²) in [5.74, 6) is 1.07. The Balaban J connectivity index is 2.10. The number of nitrogens with one attached hydrogen (secondary N) is 2. The van der Waals surface area contributed by atoms with Crippen molar-refractivity contribution in [1.29, 1.82) is 0 Å². The van der Waals surface area contributed by atoms with Crippen LogP contribution >= 0.6 is 0 Å². The SMILES string of the molecule is CNc1cc([N+](=O)[O-])cc(NCC2(C)CCCC2)n1. The van der Waals surface area contributed by atoms with Crippen molar-refractivity contribution in [3.05, 3.63) is 22.2 Å². The summed E-state index contributed by atoms with van der Waals surface area (Å²) in [5, 5.41) is 17.0. The molecular weight excluding hydrogens is 244 g/mol. The van der Waals surface area contributed by atoms with Crippen molar-refractivity contribution >= 4 is 17.3 Å². The van der Waals surface area contributed by atoms with Gasteiger partial charge in [0.25, 0.3) is 5.69 Å². The summed E-state index contributed by atoms with van der Waals surface area (Å²) in [6.07, 6.45) is 4.94. The first kappa shape index (κ1) is 13.6. The lowest BCUT2D eigenvalue weighted by molar-refractivity contribution is -0.384. The van der Waals surface area contributed by atoms with Crippen LogP contribution in [0.25, 0.3) is 0 Å². The van der Waals surface area contributed by atoms with E-state index in [9.17, 15) is 10.1 Å². The van der Waals surface area contributed by atoms with Crippen LogP contribution in [-0.4, -0.2) is 23.5 Å². The molecule has 19 heavy (non-hydrogen) atoms. The van der Waals surface area contributed by atoms with E-state index in [1.165, 1.54) is 37.8 Å². The lowest BCUT2D eigenvalue weighted by Crippen LogP contribution is -2.23. The normalized spacial score (nSPS) is 17.2. The molecule has 0 radical (unpaired) electrons. The maximum absolute atomic E-state index is 10.9. The van der Waals surface area contributed by atoms with Crippen molar-refractivity contribution in [2.45, 2.75) is 32.6 Å². The number of hydrogen-bond acceptors (Lipinski definition) is 5. The number of nitro groups is 1. The molecule has 1 aromatic rings. The molecule has 1 aromatic heterocycles. The molecule has 1 heterocycles. The van der Waals surface area contributed by atoms with Crippen molar-refractivity contribution in [3.63, 3.8) is 0 Å². The summed E-state index contributed by atoms with van der Waals surface area (Å²) in [5.41, 5.74) is 0.338. The average molecular weight is 264 g/mol. The van der Waals surface area contributed by atoms with Crippen LogP contribution in [0.5, 0.6) is 0 Å². The molecule has 1 aliphatic rings. The van der Waals surface area contributed by atoms with Gasteiger partial charge < -0.3 is 10.6 Å². The molecule has 0 amide bonds. The minimum absolute atomic E-state index is 0.0541. The van der Waals surface area contributed by atoms with Crippen molar-refractivity contribution in [3.8, 4) is 0 Å². The van der Waals surface area contributed by atoms with Gasteiger partial charge in [0.2, 0.25) is 0 Å². The molecule has 0 spiro atoms. The first-order valence-electron chi connectivity index (χ1n) is 6.60. The van der Waals surface area contributed by atoms with Crippen LogP contribution in [0.3, 0.4) is 0 Å². The topological polar surface area (TPSA) is 80.1 Å². The molecule has 6 heteroatoms. The minimum atomic E-state index is -0.398. The van der Waals surface area contributed by atoms with Gasteiger partial charge in [-0.3, -0.25) is 10.1 Å². The minimum Gasteiger partial charge on any atom is -0.373 e. The molecule has 0 bridgehead atoms. The smallest absolute Gasteiger partial charge is 0.276 e. The number of pyridine rings is 1. The molecule has 6 nitrogen and oxygen atoms in total. The molecule has 1 saturated carbocycles. The summed E-state index contributed by atoms with van der Waals surface area (Å²) >= 11 is 0. The standard InChI is InChI=1S/C13H20N4O2/c1-13(5-3-4-6-13)9-15-12-8-10(17(18)19)7-11(14-2)16-12/h7-8H,3-6,9H2,1-2H3,(H2,14,15,16). The Morgan fingerprint density at radius 1 is 1.37 bits per heavy atom. The van der Waals surface area contributed by atoms with Crippen LogP contribution in [0, 0.1) is 15.5 Å². The molecule has 0 unspecified atom stereocenters. The van der Waals surface area contributed by atoms with Gasteiger partial charge in [-0.1, -0.05) is 19.8 Å². The Morgan fingerprint density at radius 2 is 2.00 bits per heavy atom. The van der Waals surface area contributed by atoms with E-state index < -0.39 is 4.92 Å². The Labute approximate surface area is 112 Å². The Morgan fingerprint density at radius 3 is 2.58 bits per heavy atom. The number of rotatable bonds is 5. The van der Waals surface area contributed by atoms with E-state index in [0.29, 0.717) is 11.6 Å². The van der Waals surface area contributed by atoms with Crippen molar-refractivity contribution in [1.82, 2.24) is 4.98 Å². The van der Waals surface area contributed by atoms with Gasteiger partial charge in [0, 0.05) is 13.6 Å². The maximum atomic E-state index is 10.9. The summed E-state index contributed by atoms with van der Waals surface area (Å²) in [7, 11) is 1.70. The largest absolute Gasteiger partial charge is 0.373 e. The van der Waals surface area contributed by atoms with E-state index in [1.54, 1.807) is 7.05 Å². The highest BCUT2D eigenvalue weighted by atomic mass is 16.6. The zero-order chi connectivity index (χ0) is 13.9. The Kier molecular flexibility index (Phi) is 3.87. The molecule has 0 atom stereocenters. The molecular formula is C13H20N4O2. The summed E-state index contributed by atoms with van der Waals surface area (Å²) < 4.78 is 0. The van der Waals surface area contributed by atoms with E-state index in [4.69, 9.17) is 0 Å². The lowest BCUT2D eigenvalue weighted by atomic mass is 9.89. The second-order valence-corrected chi connectivity index (χ2v) is 5.47. The number of nitrogens with zero attached hydrogens (tertiary/aromatic N) is 2. The Hall–Kier alpha value is -1.85. The summed E-state index contributed by atoms with van der Waals surface area (Å²) in [6, 6.07) is 2.92. The second kappa shape index (κ2) is 5.42. The van der Waals surface area contributed by atoms with Gasteiger partial charge in [0.1, 0.15) is 11.6 Å². The van der Waals surface area contributed by atoms with Gasteiger partial charge in [-0.05, 0) is 18.3 Å². The van der Waals surface area contributed by atoms with E-state index in [-0.39, 0.29) is 11.1 Å². The quantitative estimate of drug-likeness (QED) is 0.631. The van der Waals surface area contributed by atoms with Crippen molar-refractivity contribution in [2.75, 3.05) is 24.2 Å². The fraction of sp³-hybridized carbons (Fsp3) is 0.615. The van der Waals surface area contributed by atoms with Crippen LogP contribution in [0.15, 0.2) is 12.1 Å². The monoisotopic (exact) mass is 264 g/mol. The molecule has 1 aliphatic carbocycles. The Bertz CT molecular complexity index is 470. The molecule has 0 aliphatic heterocycles. The molecule has 2 rings (SSSR count). The highest BCUT2D eigenvalue weighted by molar-refractivity contribution is 5.54. The van der Waals surface area contributed by atoms with Crippen LogP contribution < -0.4 is 10.6 Å².